The predicted molar refractivity (Wildman–Crippen MR) is 70.1 cm³/mol. The maximum Gasteiger partial charge on any atom is 0.282 e. The molecule has 0 saturated heterocycles. The van der Waals surface area contributed by atoms with Crippen molar-refractivity contribution in [3.8, 4) is 0 Å². The number of hydrogen-bond acceptors (Lipinski definition) is 5. The lowest BCUT2D eigenvalue weighted by molar-refractivity contribution is -0.385. The zero-order valence-electron chi connectivity index (χ0n) is 9.80. The third-order valence-electron chi connectivity index (χ3n) is 1.92. The number of carbonyl (C=O) groups excluding carboxylic acids is 2. The molecule has 3 N–H and O–H groups in total. The molecule has 2 amide bonds. The van der Waals surface area contributed by atoms with Crippen molar-refractivity contribution in [2.24, 2.45) is 0 Å². The van der Waals surface area contributed by atoms with Gasteiger partial charge in [-0.25, -0.2) is 0 Å². The van der Waals surface area contributed by atoms with Gasteiger partial charge in [0.25, 0.3) is 11.6 Å². The highest BCUT2D eigenvalue weighted by atomic mass is 32.1. The summed E-state index contributed by atoms with van der Waals surface area (Å²) in [5.41, 5.74) is 3.96. The maximum atomic E-state index is 11.7. The molecular weight excluding hydrogens is 272 g/mol. The van der Waals surface area contributed by atoms with Crippen molar-refractivity contribution in [1.29, 1.82) is 0 Å². The highest BCUT2D eigenvalue weighted by molar-refractivity contribution is 7.80. The number of nitrogens with one attached hydrogen (secondary N) is 3. The number of hydrogen-bond donors (Lipinski definition) is 3. The number of nitrogens with zero attached hydrogens (tertiary/aromatic N) is 1. The monoisotopic (exact) mass is 282 g/mol. The van der Waals surface area contributed by atoms with Gasteiger partial charge in [-0.05, 0) is 18.3 Å². The SMILES string of the molecule is CC(=O)NC(=S)NNC(=O)c1ccccc1[N+](=O)[O-]. The van der Waals surface area contributed by atoms with E-state index in [1.54, 1.807) is 0 Å². The van der Waals surface area contributed by atoms with Crippen molar-refractivity contribution >= 4 is 34.8 Å². The molecule has 0 unspecified atom stereocenters. The molecular formula is C10H10N4O4S. The Morgan fingerprint density at radius 1 is 1.26 bits per heavy atom. The lowest BCUT2D eigenvalue weighted by Gasteiger charge is -2.09. The molecule has 0 spiro atoms. The quantitative estimate of drug-likeness (QED) is 0.407. The van der Waals surface area contributed by atoms with Gasteiger partial charge in [-0.1, -0.05) is 12.1 Å². The minimum atomic E-state index is -0.736. The molecule has 1 aromatic carbocycles. The van der Waals surface area contributed by atoms with Gasteiger partial charge in [-0.2, -0.15) is 0 Å². The van der Waals surface area contributed by atoms with E-state index in [-0.39, 0.29) is 16.4 Å². The van der Waals surface area contributed by atoms with Crippen molar-refractivity contribution in [2.75, 3.05) is 0 Å². The van der Waals surface area contributed by atoms with Crippen LogP contribution in [0.25, 0.3) is 0 Å². The van der Waals surface area contributed by atoms with Gasteiger partial charge in [0.1, 0.15) is 5.56 Å². The maximum absolute atomic E-state index is 11.7. The zero-order chi connectivity index (χ0) is 14.4. The summed E-state index contributed by atoms with van der Waals surface area (Å²) >= 11 is 4.69. The molecule has 0 heterocycles. The molecule has 0 aliphatic heterocycles. The lowest BCUT2D eigenvalue weighted by atomic mass is 10.2. The molecule has 1 aromatic rings. The average molecular weight is 282 g/mol. The number of para-hydroxylation sites is 1. The van der Waals surface area contributed by atoms with Gasteiger partial charge in [0.05, 0.1) is 4.92 Å². The van der Waals surface area contributed by atoms with E-state index < -0.39 is 16.7 Å². The number of nitro benzene ring substituents is 1. The predicted octanol–water partition coefficient (Wildman–Crippen LogP) is 0.250. The molecule has 0 atom stereocenters. The van der Waals surface area contributed by atoms with E-state index >= 15 is 0 Å². The van der Waals surface area contributed by atoms with Gasteiger partial charge < -0.3 is 5.32 Å². The second-order valence-electron chi connectivity index (χ2n) is 3.36. The van der Waals surface area contributed by atoms with Crippen molar-refractivity contribution in [3.05, 3.63) is 39.9 Å². The Kier molecular flexibility index (Phi) is 4.89. The molecule has 19 heavy (non-hydrogen) atoms. The van der Waals surface area contributed by atoms with Crippen molar-refractivity contribution < 1.29 is 14.5 Å². The summed E-state index contributed by atoms with van der Waals surface area (Å²) in [4.78, 5) is 32.4. The van der Waals surface area contributed by atoms with E-state index in [1.807, 2.05) is 0 Å². The second kappa shape index (κ2) is 6.40. The van der Waals surface area contributed by atoms with Crippen molar-refractivity contribution in [2.45, 2.75) is 6.92 Å². The summed E-state index contributed by atoms with van der Waals surface area (Å²) in [6.45, 7) is 1.25. The van der Waals surface area contributed by atoms with Gasteiger partial charge in [0, 0.05) is 13.0 Å². The minimum Gasteiger partial charge on any atom is -0.302 e. The summed E-state index contributed by atoms with van der Waals surface area (Å²) in [6, 6.07) is 5.45. The molecule has 0 bridgehead atoms. The fourth-order valence-corrected chi connectivity index (χ4v) is 1.39. The van der Waals surface area contributed by atoms with E-state index in [0.29, 0.717) is 0 Å². The van der Waals surface area contributed by atoms with E-state index in [1.165, 1.54) is 31.2 Å². The standard InChI is InChI=1S/C10H10N4O4S/c1-6(15)11-10(19)13-12-9(16)7-4-2-3-5-8(7)14(17)18/h2-5H,1H3,(H,12,16)(H2,11,13,15,19). The Hall–Kier alpha value is -2.55. The number of amides is 2. The van der Waals surface area contributed by atoms with E-state index in [2.05, 4.69) is 16.2 Å². The molecule has 0 aliphatic carbocycles. The van der Waals surface area contributed by atoms with Crippen molar-refractivity contribution in [1.82, 2.24) is 16.2 Å². The smallest absolute Gasteiger partial charge is 0.282 e. The first kappa shape index (κ1) is 14.5. The Morgan fingerprint density at radius 2 is 1.89 bits per heavy atom. The first-order valence-corrected chi connectivity index (χ1v) is 5.44. The normalized spacial score (nSPS) is 9.32. The van der Waals surface area contributed by atoms with Gasteiger partial charge in [-0.3, -0.25) is 30.6 Å². The summed E-state index contributed by atoms with van der Waals surface area (Å²) < 4.78 is 0. The molecule has 0 fully saturated rings. The van der Waals surface area contributed by atoms with E-state index in [9.17, 15) is 19.7 Å². The minimum absolute atomic E-state index is 0.112. The van der Waals surface area contributed by atoms with Gasteiger partial charge in [0.2, 0.25) is 5.91 Å². The Bertz CT molecular complexity index is 546. The first-order valence-electron chi connectivity index (χ1n) is 5.03. The molecule has 100 valence electrons. The molecule has 0 radical (unpaired) electrons. The Morgan fingerprint density at radius 3 is 2.47 bits per heavy atom. The van der Waals surface area contributed by atoms with Crippen LogP contribution in [0.15, 0.2) is 24.3 Å². The van der Waals surface area contributed by atoms with Crippen LogP contribution in [0, 0.1) is 10.1 Å². The van der Waals surface area contributed by atoms with E-state index in [0.717, 1.165) is 0 Å². The summed E-state index contributed by atoms with van der Waals surface area (Å²) in [5, 5.41) is 12.8. The highest BCUT2D eigenvalue weighted by Crippen LogP contribution is 2.16. The van der Waals surface area contributed by atoms with Crippen LogP contribution in [0.4, 0.5) is 5.69 Å². The zero-order valence-corrected chi connectivity index (χ0v) is 10.6. The first-order chi connectivity index (χ1) is 8.91. The summed E-state index contributed by atoms with van der Waals surface area (Å²) in [7, 11) is 0. The lowest BCUT2D eigenvalue weighted by Crippen LogP contribution is -2.48. The molecule has 0 saturated carbocycles. The topological polar surface area (TPSA) is 113 Å². The Labute approximate surface area is 113 Å². The molecule has 0 aromatic heterocycles. The molecule has 9 heteroatoms. The third-order valence-corrected chi connectivity index (χ3v) is 2.13. The third kappa shape index (κ3) is 4.32. The fourth-order valence-electron chi connectivity index (χ4n) is 1.20. The van der Waals surface area contributed by atoms with Gasteiger partial charge in [-0.15, -0.1) is 0 Å². The van der Waals surface area contributed by atoms with Crippen LogP contribution >= 0.6 is 12.2 Å². The highest BCUT2D eigenvalue weighted by Gasteiger charge is 2.18. The summed E-state index contributed by atoms with van der Waals surface area (Å²) in [5.74, 6) is -1.14. The van der Waals surface area contributed by atoms with Crippen molar-refractivity contribution in [3.63, 3.8) is 0 Å². The van der Waals surface area contributed by atoms with Crippen LogP contribution in [0.3, 0.4) is 0 Å². The molecule has 0 aliphatic rings. The van der Waals surface area contributed by atoms with E-state index in [4.69, 9.17) is 12.2 Å². The number of hydrazine groups is 1. The molecule has 8 nitrogen and oxygen atoms in total. The van der Waals surface area contributed by atoms with Gasteiger partial charge in [0.15, 0.2) is 5.11 Å². The number of rotatable bonds is 2. The molecule has 1 rings (SSSR count). The van der Waals surface area contributed by atoms with Crippen LogP contribution in [-0.2, 0) is 4.79 Å². The average Bonchev–Trinajstić information content (AvgIpc) is 2.35. The van der Waals surface area contributed by atoms with Crippen LogP contribution in [-0.4, -0.2) is 21.9 Å². The fraction of sp³-hybridized carbons (Fsp3) is 0.100. The number of thiocarbonyl (C=S) groups is 1. The second-order valence-corrected chi connectivity index (χ2v) is 3.77. The summed E-state index contributed by atoms with van der Waals surface area (Å²) in [6.07, 6.45) is 0. The van der Waals surface area contributed by atoms with Crippen LogP contribution in [0.2, 0.25) is 0 Å². The van der Waals surface area contributed by atoms with Gasteiger partial charge >= 0.3 is 0 Å². The number of benzene rings is 1. The van der Waals surface area contributed by atoms with Crippen LogP contribution in [0.5, 0.6) is 0 Å². The largest absolute Gasteiger partial charge is 0.302 e. The Balaban J connectivity index is 2.71. The van der Waals surface area contributed by atoms with Crippen LogP contribution < -0.4 is 16.2 Å². The van der Waals surface area contributed by atoms with Crippen LogP contribution in [0.1, 0.15) is 17.3 Å². The number of carbonyl (C=O) groups is 2. The number of nitro groups is 1.